The van der Waals surface area contributed by atoms with Crippen LogP contribution in [-0.2, 0) is 17.8 Å². The summed E-state index contributed by atoms with van der Waals surface area (Å²) in [7, 11) is 0. The van der Waals surface area contributed by atoms with E-state index in [1.807, 2.05) is 34.4 Å². The second kappa shape index (κ2) is 6.89. The van der Waals surface area contributed by atoms with Gasteiger partial charge in [-0.3, -0.25) is 19.4 Å². The Balaban J connectivity index is 1.62. The van der Waals surface area contributed by atoms with Gasteiger partial charge in [0.2, 0.25) is 5.91 Å². The average molecular weight is 313 g/mol. The molecule has 2 aromatic heterocycles. The second-order valence-corrected chi connectivity index (χ2v) is 6.21. The zero-order valence-corrected chi connectivity index (χ0v) is 13.8. The maximum Gasteiger partial charge on any atom is 0.219 e. The third kappa shape index (κ3) is 3.75. The summed E-state index contributed by atoms with van der Waals surface area (Å²) in [6, 6.07) is 0. The van der Waals surface area contributed by atoms with E-state index < -0.39 is 0 Å². The van der Waals surface area contributed by atoms with Gasteiger partial charge in [-0.05, 0) is 25.2 Å². The summed E-state index contributed by atoms with van der Waals surface area (Å²) in [5.41, 5.74) is 2.85. The number of nitrogens with zero attached hydrogens (tertiary/aromatic N) is 5. The molecule has 0 radical (unpaired) electrons. The van der Waals surface area contributed by atoms with Crippen molar-refractivity contribution >= 4 is 5.91 Å². The zero-order chi connectivity index (χ0) is 16.2. The molecule has 1 aliphatic heterocycles. The lowest BCUT2D eigenvalue weighted by atomic mass is 10.0. The minimum absolute atomic E-state index is 0.165. The largest absolute Gasteiger partial charge is 0.343 e. The fourth-order valence-electron chi connectivity index (χ4n) is 3.04. The van der Waals surface area contributed by atoms with E-state index in [1.165, 1.54) is 0 Å². The van der Waals surface area contributed by atoms with Gasteiger partial charge >= 0.3 is 0 Å². The first-order valence-electron chi connectivity index (χ1n) is 8.25. The number of carbonyl (C=O) groups is 1. The average Bonchev–Trinajstić information content (AvgIpc) is 3.18. The molecule has 1 saturated heterocycles. The smallest absolute Gasteiger partial charge is 0.219 e. The first kappa shape index (κ1) is 15.6. The van der Waals surface area contributed by atoms with Crippen molar-refractivity contribution in [2.75, 3.05) is 13.1 Å². The molecular formula is C17H23N5O. The van der Waals surface area contributed by atoms with Crippen LogP contribution in [0.1, 0.15) is 32.4 Å². The zero-order valence-electron chi connectivity index (χ0n) is 13.8. The summed E-state index contributed by atoms with van der Waals surface area (Å²) in [6.07, 6.45) is 10.5. The minimum atomic E-state index is 0.165. The molecule has 0 aliphatic carbocycles. The van der Waals surface area contributed by atoms with E-state index in [4.69, 9.17) is 0 Å². The lowest BCUT2D eigenvalue weighted by molar-refractivity contribution is -0.127. The van der Waals surface area contributed by atoms with E-state index in [0.29, 0.717) is 5.92 Å². The number of aromatic nitrogens is 4. The SMILES string of the molecule is CCCn1cc(-c2cnc(C[C@H]3CCN(C(C)=O)C3)cn2)cn1. The van der Waals surface area contributed by atoms with Crippen LogP contribution in [0.4, 0.5) is 0 Å². The molecule has 0 unspecified atom stereocenters. The van der Waals surface area contributed by atoms with Crippen LogP contribution in [0, 0.1) is 5.92 Å². The molecule has 6 nitrogen and oxygen atoms in total. The molecule has 122 valence electrons. The fraction of sp³-hybridized carbons (Fsp3) is 0.529. The molecule has 0 spiro atoms. The lowest BCUT2D eigenvalue weighted by Crippen LogP contribution is -2.26. The predicted octanol–water partition coefficient (Wildman–Crippen LogP) is 2.16. The Morgan fingerprint density at radius 2 is 2.17 bits per heavy atom. The Kier molecular flexibility index (Phi) is 4.69. The van der Waals surface area contributed by atoms with Crippen LogP contribution in [0.25, 0.3) is 11.3 Å². The molecule has 0 saturated carbocycles. The van der Waals surface area contributed by atoms with Crippen LogP contribution in [0.2, 0.25) is 0 Å². The third-order valence-electron chi connectivity index (χ3n) is 4.32. The Bertz CT molecular complexity index is 664. The van der Waals surface area contributed by atoms with Crippen molar-refractivity contribution in [2.24, 2.45) is 5.92 Å². The Labute approximate surface area is 136 Å². The molecule has 1 aliphatic rings. The summed E-state index contributed by atoms with van der Waals surface area (Å²) in [5, 5.41) is 4.32. The van der Waals surface area contributed by atoms with Crippen molar-refractivity contribution < 1.29 is 4.79 Å². The number of hydrogen-bond donors (Lipinski definition) is 0. The molecular weight excluding hydrogens is 290 g/mol. The van der Waals surface area contributed by atoms with E-state index >= 15 is 0 Å². The van der Waals surface area contributed by atoms with Gasteiger partial charge in [-0.25, -0.2) is 0 Å². The second-order valence-electron chi connectivity index (χ2n) is 6.21. The lowest BCUT2D eigenvalue weighted by Gasteiger charge is -2.13. The summed E-state index contributed by atoms with van der Waals surface area (Å²) >= 11 is 0. The molecule has 0 bridgehead atoms. The van der Waals surface area contributed by atoms with Crippen molar-refractivity contribution in [3.63, 3.8) is 0 Å². The van der Waals surface area contributed by atoms with Crippen molar-refractivity contribution in [2.45, 2.75) is 39.7 Å². The van der Waals surface area contributed by atoms with Crippen LogP contribution >= 0.6 is 0 Å². The fourth-order valence-corrected chi connectivity index (χ4v) is 3.04. The standard InChI is InChI=1S/C17H23N5O/c1-3-5-22-12-15(8-20-22)17-10-18-16(9-19-17)7-14-4-6-21(11-14)13(2)23/h8-10,12,14H,3-7,11H2,1-2H3/t14-/m1/s1. The number of aryl methyl sites for hydroxylation is 1. The number of hydrogen-bond acceptors (Lipinski definition) is 4. The van der Waals surface area contributed by atoms with Gasteiger partial charge in [0.25, 0.3) is 0 Å². The van der Waals surface area contributed by atoms with Crippen molar-refractivity contribution in [1.29, 1.82) is 0 Å². The van der Waals surface area contributed by atoms with Crippen molar-refractivity contribution in [3.8, 4) is 11.3 Å². The van der Waals surface area contributed by atoms with E-state index in [0.717, 1.165) is 55.8 Å². The molecule has 3 rings (SSSR count). The number of amides is 1. The summed E-state index contributed by atoms with van der Waals surface area (Å²) in [4.78, 5) is 22.4. The molecule has 2 aromatic rings. The maximum absolute atomic E-state index is 11.4. The van der Waals surface area contributed by atoms with Crippen LogP contribution in [0.3, 0.4) is 0 Å². The first-order valence-corrected chi connectivity index (χ1v) is 8.25. The Morgan fingerprint density at radius 1 is 1.30 bits per heavy atom. The van der Waals surface area contributed by atoms with E-state index in [-0.39, 0.29) is 5.91 Å². The Hall–Kier alpha value is -2.24. The molecule has 1 fully saturated rings. The molecule has 1 atom stereocenters. The van der Waals surface area contributed by atoms with Gasteiger partial charge in [-0.2, -0.15) is 5.10 Å². The minimum Gasteiger partial charge on any atom is -0.343 e. The van der Waals surface area contributed by atoms with Gasteiger partial charge in [0, 0.05) is 44.5 Å². The highest BCUT2D eigenvalue weighted by atomic mass is 16.2. The number of carbonyl (C=O) groups excluding carboxylic acids is 1. The molecule has 0 N–H and O–H groups in total. The van der Waals surface area contributed by atoms with Gasteiger partial charge in [0.05, 0.1) is 23.8 Å². The van der Waals surface area contributed by atoms with Crippen LogP contribution in [0.5, 0.6) is 0 Å². The van der Waals surface area contributed by atoms with E-state index in [1.54, 1.807) is 6.92 Å². The molecule has 1 amide bonds. The summed E-state index contributed by atoms with van der Waals surface area (Å²) in [5.74, 6) is 0.657. The summed E-state index contributed by atoms with van der Waals surface area (Å²) < 4.78 is 1.93. The molecule has 6 heteroatoms. The molecule has 23 heavy (non-hydrogen) atoms. The first-order chi connectivity index (χ1) is 11.2. The van der Waals surface area contributed by atoms with Gasteiger partial charge in [0.1, 0.15) is 0 Å². The quantitative estimate of drug-likeness (QED) is 0.848. The topological polar surface area (TPSA) is 63.9 Å². The van der Waals surface area contributed by atoms with Crippen LogP contribution < -0.4 is 0 Å². The maximum atomic E-state index is 11.4. The normalized spacial score (nSPS) is 17.7. The van der Waals surface area contributed by atoms with Gasteiger partial charge < -0.3 is 4.90 Å². The highest BCUT2D eigenvalue weighted by Gasteiger charge is 2.24. The van der Waals surface area contributed by atoms with Crippen LogP contribution in [-0.4, -0.2) is 43.6 Å². The van der Waals surface area contributed by atoms with Crippen molar-refractivity contribution in [3.05, 3.63) is 30.5 Å². The predicted molar refractivity (Wildman–Crippen MR) is 87.6 cm³/mol. The van der Waals surface area contributed by atoms with Crippen molar-refractivity contribution in [1.82, 2.24) is 24.6 Å². The monoisotopic (exact) mass is 313 g/mol. The van der Waals surface area contributed by atoms with E-state index in [9.17, 15) is 4.79 Å². The van der Waals surface area contributed by atoms with Gasteiger partial charge in [0.15, 0.2) is 0 Å². The van der Waals surface area contributed by atoms with Crippen LogP contribution in [0.15, 0.2) is 24.8 Å². The number of rotatable bonds is 5. The summed E-state index contributed by atoms with van der Waals surface area (Å²) in [6.45, 7) is 6.38. The molecule has 0 aromatic carbocycles. The van der Waals surface area contributed by atoms with Gasteiger partial charge in [-0.1, -0.05) is 6.92 Å². The Morgan fingerprint density at radius 3 is 2.83 bits per heavy atom. The highest BCUT2D eigenvalue weighted by molar-refractivity contribution is 5.73. The van der Waals surface area contributed by atoms with Gasteiger partial charge in [-0.15, -0.1) is 0 Å². The molecule has 3 heterocycles. The number of likely N-dealkylation sites (tertiary alicyclic amines) is 1. The third-order valence-corrected chi connectivity index (χ3v) is 4.32. The highest BCUT2D eigenvalue weighted by Crippen LogP contribution is 2.21. The van der Waals surface area contributed by atoms with E-state index in [2.05, 4.69) is 22.0 Å².